The molecular formula is C16H21N3O. The van der Waals surface area contributed by atoms with Crippen LogP contribution in [0.4, 0.5) is 0 Å². The van der Waals surface area contributed by atoms with Crippen LogP contribution in [0.15, 0.2) is 30.6 Å². The van der Waals surface area contributed by atoms with Crippen molar-refractivity contribution in [1.29, 1.82) is 0 Å². The smallest absolute Gasteiger partial charge is 0.0997 e. The predicted octanol–water partition coefficient (Wildman–Crippen LogP) is 2.37. The summed E-state index contributed by atoms with van der Waals surface area (Å²) in [5.74, 6) is 0. The van der Waals surface area contributed by atoms with Gasteiger partial charge in [0.1, 0.15) is 0 Å². The number of benzene rings is 1. The fraction of sp³-hybridized carbons (Fsp3) is 0.438. The van der Waals surface area contributed by atoms with Gasteiger partial charge in [-0.3, -0.25) is 0 Å². The summed E-state index contributed by atoms with van der Waals surface area (Å²) in [6, 6.07) is 8.62. The van der Waals surface area contributed by atoms with Crippen molar-refractivity contribution in [3.8, 4) is 5.69 Å². The van der Waals surface area contributed by atoms with E-state index in [9.17, 15) is 0 Å². The second kappa shape index (κ2) is 5.04. The van der Waals surface area contributed by atoms with E-state index in [1.807, 2.05) is 13.3 Å². The SMILES string of the molecule is Cc1ncn(-c2ccc(CNC3(C)COC3)cc2)c1C. The molecule has 4 nitrogen and oxygen atoms in total. The first-order valence-electron chi connectivity index (χ1n) is 7.00. The quantitative estimate of drug-likeness (QED) is 0.928. The Labute approximate surface area is 119 Å². The Kier molecular flexibility index (Phi) is 3.36. The molecule has 0 saturated carbocycles. The lowest BCUT2D eigenvalue weighted by Crippen LogP contribution is -2.57. The van der Waals surface area contributed by atoms with Gasteiger partial charge in [-0.1, -0.05) is 12.1 Å². The highest BCUT2D eigenvalue weighted by atomic mass is 16.5. The van der Waals surface area contributed by atoms with Gasteiger partial charge in [0.05, 0.1) is 30.8 Å². The Hall–Kier alpha value is -1.65. The number of aromatic nitrogens is 2. The number of aryl methyl sites for hydroxylation is 1. The van der Waals surface area contributed by atoms with Crippen molar-refractivity contribution in [2.24, 2.45) is 0 Å². The molecule has 1 aliphatic heterocycles. The van der Waals surface area contributed by atoms with Gasteiger partial charge in [0.25, 0.3) is 0 Å². The molecule has 0 unspecified atom stereocenters. The summed E-state index contributed by atoms with van der Waals surface area (Å²) >= 11 is 0. The minimum Gasteiger partial charge on any atom is -0.377 e. The van der Waals surface area contributed by atoms with Gasteiger partial charge in [-0.05, 0) is 38.5 Å². The maximum absolute atomic E-state index is 5.25. The molecule has 0 spiro atoms. The molecule has 0 aliphatic carbocycles. The van der Waals surface area contributed by atoms with Gasteiger partial charge in [-0.2, -0.15) is 0 Å². The Morgan fingerprint density at radius 2 is 1.95 bits per heavy atom. The van der Waals surface area contributed by atoms with Gasteiger partial charge >= 0.3 is 0 Å². The minimum atomic E-state index is 0.150. The fourth-order valence-corrected chi connectivity index (χ4v) is 2.36. The first kappa shape index (κ1) is 13.3. The normalized spacial score (nSPS) is 16.9. The van der Waals surface area contributed by atoms with Crippen LogP contribution in [0, 0.1) is 13.8 Å². The van der Waals surface area contributed by atoms with Gasteiger partial charge in [0.15, 0.2) is 0 Å². The van der Waals surface area contributed by atoms with E-state index in [4.69, 9.17) is 4.74 Å². The summed E-state index contributed by atoms with van der Waals surface area (Å²) in [5.41, 5.74) is 4.86. The number of ether oxygens (including phenoxy) is 1. The zero-order chi connectivity index (χ0) is 14.2. The van der Waals surface area contributed by atoms with Crippen molar-refractivity contribution < 1.29 is 4.74 Å². The lowest BCUT2D eigenvalue weighted by molar-refractivity contribution is -0.0649. The average Bonchev–Trinajstić information content (AvgIpc) is 2.75. The second-order valence-electron chi connectivity index (χ2n) is 5.86. The summed E-state index contributed by atoms with van der Waals surface area (Å²) in [6.45, 7) is 8.81. The van der Waals surface area contributed by atoms with Crippen LogP contribution in [0.3, 0.4) is 0 Å². The first-order chi connectivity index (χ1) is 9.57. The summed E-state index contributed by atoms with van der Waals surface area (Å²) in [5, 5.41) is 3.54. The highest BCUT2D eigenvalue weighted by molar-refractivity contribution is 5.37. The molecule has 2 heterocycles. The van der Waals surface area contributed by atoms with Crippen LogP contribution < -0.4 is 5.32 Å². The Balaban J connectivity index is 1.69. The van der Waals surface area contributed by atoms with Gasteiger partial charge in [-0.25, -0.2) is 4.98 Å². The highest BCUT2D eigenvalue weighted by Gasteiger charge is 2.32. The summed E-state index contributed by atoms with van der Waals surface area (Å²) in [7, 11) is 0. The number of hydrogen-bond acceptors (Lipinski definition) is 3. The fourth-order valence-electron chi connectivity index (χ4n) is 2.36. The molecule has 1 fully saturated rings. The van der Waals surface area contributed by atoms with E-state index in [2.05, 4.69) is 53.0 Å². The van der Waals surface area contributed by atoms with Crippen molar-refractivity contribution in [3.05, 3.63) is 47.5 Å². The zero-order valence-electron chi connectivity index (χ0n) is 12.3. The number of hydrogen-bond donors (Lipinski definition) is 1. The van der Waals surface area contributed by atoms with E-state index in [0.29, 0.717) is 0 Å². The lowest BCUT2D eigenvalue weighted by Gasteiger charge is -2.39. The molecule has 1 aromatic heterocycles. The van der Waals surface area contributed by atoms with Crippen molar-refractivity contribution in [3.63, 3.8) is 0 Å². The number of rotatable bonds is 4. The molecule has 0 bridgehead atoms. The maximum atomic E-state index is 5.25. The Morgan fingerprint density at radius 3 is 2.45 bits per heavy atom. The van der Waals surface area contributed by atoms with Crippen LogP contribution in [-0.4, -0.2) is 28.3 Å². The van der Waals surface area contributed by atoms with Crippen molar-refractivity contribution >= 4 is 0 Å². The second-order valence-corrected chi connectivity index (χ2v) is 5.86. The number of nitrogens with one attached hydrogen (secondary N) is 1. The molecule has 106 valence electrons. The molecule has 0 atom stereocenters. The van der Waals surface area contributed by atoms with Gasteiger partial charge in [0, 0.05) is 17.9 Å². The third-order valence-corrected chi connectivity index (χ3v) is 4.03. The third kappa shape index (κ3) is 2.49. The lowest BCUT2D eigenvalue weighted by atomic mass is 10.0. The third-order valence-electron chi connectivity index (χ3n) is 4.03. The molecule has 0 radical (unpaired) electrons. The van der Waals surface area contributed by atoms with Crippen molar-refractivity contribution in [2.45, 2.75) is 32.9 Å². The summed E-state index contributed by atoms with van der Waals surface area (Å²) in [6.07, 6.45) is 1.88. The summed E-state index contributed by atoms with van der Waals surface area (Å²) in [4.78, 5) is 4.34. The molecule has 2 aromatic rings. The van der Waals surface area contributed by atoms with Gasteiger partial charge in [0.2, 0.25) is 0 Å². The Bertz CT molecular complexity index is 597. The first-order valence-corrected chi connectivity index (χ1v) is 7.00. The molecule has 1 aromatic carbocycles. The van der Waals surface area contributed by atoms with Crippen LogP contribution in [0.1, 0.15) is 23.9 Å². The molecule has 0 amide bonds. The molecule has 1 N–H and O–H groups in total. The molecule has 20 heavy (non-hydrogen) atoms. The molecule has 3 rings (SSSR count). The topological polar surface area (TPSA) is 39.1 Å². The van der Waals surface area contributed by atoms with Crippen LogP contribution in [0.25, 0.3) is 5.69 Å². The van der Waals surface area contributed by atoms with Crippen LogP contribution >= 0.6 is 0 Å². The largest absolute Gasteiger partial charge is 0.377 e. The maximum Gasteiger partial charge on any atom is 0.0997 e. The minimum absolute atomic E-state index is 0.150. The Morgan fingerprint density at radius 1 is 1.25 bits per heavy atom. The molecular weight excluding hydrogens is 250 g/mol. The van der Waals surface area contributed by atoms with E-state index in [1.165, 1.54) is 11.3 Å². The van der Waals surface area contributed by atoms with E-state index >= 15 is 0 Å². The monoisotopic (exact) mass is 271 g/mol. The predicted molar refractivity (Wildman–Crippen MR) is 79.1 cm³/mol. The van der Waals surface area contributed by atoms with E-state index in [-0.39, 0.29) is 5.54 Å². The van der Waals surface area contributed by atoms with Crippen LogP contribution in [0.2, 0.25) is 0 Å². The molecule has 1 aliphatic rings. The molecule has 4 heteroatoms. The zero-order valence-corrected chi connectivity index (χ0v) is 12.3. The van der Waals surface area contributed by atoms with E-state index in [0.717, 1.165) is 31.1 Å². The van der Waals surface area contributed by atoms with E-state index in [1.54, 1.807) is 0 Å². The van der Waals surface area contributed by atoms with Gasteiger partial charge in [-0.15, -0.1) is 0 Å². The highest BCUT2D eigenvalue weighted by Crippen LogP contribution is 2.18. The standard InChI is InChI=1S/C16H21N3O/c1-12-13(2)19(11-17-12)15-6-4-14(5-7-15)8-18-16(3)9-20-10-16/h4-7,11,18H,8-10H2,1-3H3. The van der Waals surface area contributed by atoms with E-state index < -0.39 is 0 Å². The number of imidazole rings is 1. The van der Waals surface area contributed by atoms with Crippen molar-refractivity contribution in [2.75, 3.05) is 13.2 Å². The van der Waals surface area contributed by atoms with Crippen LogP contribution in [-0.2, 0) is 11.3 Å². The average molecular weight is 271 g/mol. The van der Waals surface area contributed by atoms with Crippen molar-refractivity contribution in [1.82, 2.24) is 14.9 Å². The number of nitrogens with zero attached hydrogens (tertiary/aromatic N) is 2. The van der Waals surface area contributed by atoms with Gasteiger partial charge < -0.3 is 14.6 Å². The molecule has 1 saturated heterocycles. The summed E-state index contributed by atoms with van der Waals surface area (Å²) < 4.78 is 7.36. The van der Waals surface area contributed by atoms with Crippen LogP contribution in [0.5, 0.6) is 0 Å².